The molecule has 0 aliphatic heterocycles. The molecule has 0 bridgehead atoms. The fourth-order valence-corrected chi connectivity index (χ4v) is 2.40. The highest BCUT2D eigenvalue weighted by Crippen LogP contribution is 2.20. The predicted octanol–water partition coefficient (Wildman–Crippen LogP) is 5.91. The van der Waals surface area contributed by atoms with Crippen molar-refractivity contribution >= 4 is 5.69 Å². The lowest BCUT2D eigenvalue weighted by molar-refractivity contribution is 0.521. The molecule has 114 valence electrons. The summed E-state index contributed by atoms with van der Waals surface area (Å²) in [7, 11) is 0. The van der Waals surface area contributed by atoms with Gasteiger partial charge in [0, 0.05) is 6.04 Å². The molecule has 0 atom stereocenters. The minimum atomic E-state index is -0.394. The molecule has 0 saturated carbocycles. The summed E-state index contributed by atoms with van der Waals surface area (Å²) in [5.41, 5.74) is 0.294. The average Bonchev–Trinajstić information content (AvgIpc) is 2.43. The number of rotatable bonds is 10. The Bertz CT molecular complexity index is 369. The van der Waals surface area contributed by atoms with Crippen LogP contribution in [0.1, 0.15) is 65.2 Å². The van der Waals surface area contributed by atoms with Gasteiger partial charge in [-0.3, -0.25) is 0 Å². The minimum Gasteiger partial charge on any atom is -0.380 e. The van der Waals surface area contributed by atoms with Crippen molar-refractivity contribution in [3.05, 3.63) is 29.8 Å². The van der Waals surface area contributed by atoms with Gasteiger partial charge in [-0.2, -0.15) is 0 Å². The van der Waals surface area contributed by atoms with Gasteiger partial charge in [-0.15, -0.1) is 0 Å². The molecular formula is C17H27F2N. The van der Waals surface area contributed by atoms with E-state index in [4.69, 9.17) is 0 Å². The molecule has 0 unspecified atom stereocenters. The van der Waals surface area contributed by atoms with E-state index in [1.807, 2.05) is 0 Å². The molecule has 0 fully saturated rings. The summed E-state index contributed by atoms with van der Waals surface area (Å²) >= 11 is 0. The predicted molar refractivity (Wildman–Crippen MR) is 82.1 cm³/mol. The first-order chi connectivity index (χ1) is 9.67. The Hall–Kier alpha value is -1.12. The Morgan fingerprint density at radius 1 is 0.950 bits per heavy atom. The number of halogens is 2. The fraction of sp³-hybridized carbons (Fsp3) is 0.647. The van der Waals surface area contributed by atoms with Crippen molar-refractivity contribution in [2.45, 2.75) is 71.3 Å². The Kier molecular flexibility index (Phi) is 8.24. The molecule has 1 rings (SSSR count). The lowest BCUT2D eigenvalue weighted by atomic mass is 10.0. The zero-order chi connectivity index (χ0) is 14.8. The van der Waals surface area contributed by atoms with Gasteiger partial charge in [-0.25, -0.2) is 8.78 Å². The minimum absolute atomic E-state index is 0.240. The Morgan fingerprint density at radius 3 is 2.10 bits per heavy atom. The van der Waals surface area contributed by atoms with E-state index in [0.29, 0.717) is 5.69 Å². The van der Waals surface area contributed by atoms with Crippen LogP contribution in [0.5, 0.6) is 0 Å². The van der Waals surface area contributed by atoms with E-state index in [-0.39, 0.29) is 11.9 Å². The molecule has 1 aromatic carbocycles. The molecule has 0 amide bonds. The third-order valence-corrected chi connectivity index (χ3v) is 3.60. The van der Waals surface area contributed by atoms with Crippen LogP contribution in [0.15, 0.2) is 18.2 Å². The third-order valence-electron chi connectivity index (χ3n) is 3.60. The summed E-state index contributed by atoms with van der Waals surface area (Å²) in [6.07, 6.45) is 9.05. The van der Waals surface area contributed by atoms with E-state index < -0.39 is 5.82 Å². The molecule has 20 heavy (non-hydrogen) atoms. The van der Waals surface area contributed by atoms with Crippen molar-refractivity contribution in [1.82, 2.24) is 0 Å². The highest BCUT2D eigenvalue weighted by molar-refractivity contribution is 5.45. The van der Waals surface area contributed by atoms with Crippen LogP contribution < -0.4 is 5.32 Å². The SMILES string of the molecule is CCCCCC(CCCCC)Nc1cc(F)ccc1F. The van der Waals surface area contributed by atoms with Gasteiger partial charge in [0.25, 0.3) is 0 Å². The molecule has 0 radical (unpaired) electrons. The first kappa shape index (κ1) is 16.9. The van der Waals surface area contributed by atoms with Crippen LogP contribution in [-0.2, 0) is 0 Å². The van der Waals surface area contributed by atoms with E-state index in [1.165, 1.54) is 37.8 Å². The maximum Gasteiger partial charge on any atom is 0.146 e. The van der Waals surface area contributed by atoms with Crippen LogP contribution in [0.2, 0.25) is 0 Å². The molecule has 3 heteroatoms. The first-order valence-electron chi connectivity index (χ1n) is 7.89. The van der Waals surface area contributed by atoms with Crippen LogP contribution in [0.4, 0.5) is 14.5 Å². The molecule has 0 aliphatic carbocycles. The Labute approximate surface area is 121 Å². The van der Waals surface area contributed by atoms with Crippen molar-refractivity contribution < 1.29 is 8.78 Å². The van der Waals surface area contributed by atoms with Crippen molar-refractivity contribution in [3.8, 4) is 0 Å². The maximum absolute atomic E-state index is 13.7. The summed E-state index contributed by atoms with van der Waals surface area (Å²) in [5.74, 6) is -0.767. The summed E-state index contributed by atoms with van der Waals surface area (Å²) in [5, 5.41) is 3.19. The molecule has 1 N–H and O–H groups in total. The van der Waals surface area contributed by atoms with Crippen LogP contribution in [0.3, 0.4) is 0 Å². The normalized spacial score (nSPS) is 11.1. The van der Waals surface area contributed by atoms with Crippen LogP contribution in [-0.4, -0.2) is 6.04 Å². The Balaban J connectivity index is 2.58. The lowest BCUT2D eigenvalue weighted by Crippen LogP contribution is -2.20. The number of unbranched alkanes of at least 4 members (excludes halogenated alkanes) is 4. The summed E-state index contributed by atoms with van der Waals surface area (Å²) in [6, 6.07) is 3.84. The molecule has 1 aromatic rings. The smallest absolute Gasteiger partial charge is 0.146 e. The zero-order valence-corrected chi connectivity index (χ0v) is 12.7. The van der Waals surface area contributed by atoms with E-state index in [2.05, 4.69) is 19.2 Å². The van der Waals surface area contributed by atoms with Gasteiger partial charge < -0.3 is 5.32 Å². The van der Waals surface area contributed by atoms with Gasteiger partial charge in [0.2, 0.25) is 0 Å². The number of hydrogen-bond donors (Lipinski definition) is 1. The van der Waals surface area contributed by atoms with Crippen molar-refractivity contribution in [2.75, 3.05) is 5.32 Å². The molecule has 0 saturated heterocycles. The van der Waals surface area contributed by atoms with Crippen LogP contribution in [0, 0.1) is 11.6 Å². The van der Waals surface area contributed by atoms with E-state index in [1.54, 1.807) is 0 Å². The van der Waals surface area contributed by atoms with Gasteiger partial charge >= 0.3 is 0 Å². The van der Waals surface area contributed by atoms with Gasteiger partial charge in [-0.05, 0) is 31.0 Å². The largest absolute Gasteiger partial charge is 0.380 e. The summed E-state index contributed by atoms with van der Waals surface area (Å²) in [4.78, 5) is 0. The summed E-state index contributed by atoms with van der Waals surface area (Å²) in [6.45, 7) is 4.34. The van der Waals surface area contributed by atoms with Crippen LogP contribution >= 0.6 is 0 Å². The van der Waals surface area contributed by atoms with Gasteiger partial charge in [0.05, 0.1) is 5.69 Å². The van der Waals surface area contributed by atoms with E-state index >= 15 is 0 Å². The second kappa shape index (κ2) is 9.73. The number of benzene rings is 1. The van der Waals surface area contributed by atoms with Gasteiger partial charge in [0.15, 0.2) is 0 Å². The van der Waals surface area contributed by atoms with Gasteiger partial charge in [0.1, 0.15) is 11.6 Å². The molecule has 1 nitrogen and oxygen atoms in total. The Morgan fingerprint density at radius 2 is 1.55 bits per heavy atom. The highest BCUT2D eigenvalue weighted by Gasteiger charge is 2.11. The summed E-state index contributed by atoms with van der Waals surface area (Å²) < 4.78 is 26.9. The standard InChI is InChI=1S/C17H27F2N/c1-3-5-7-9-15(10-8-6-4-2)20-17-13-14(18)11-12-16(17)19/h11-13,15,20H,3-10H2,1-2H3. The zero-order valence-electron chi connectivity index (χ0n) is 12.7. The maximum atomic E-state index is 13.7. The van der Waals surface area contributed by atoms with Crippen molar-refractivity contribution in [2.24, 2.45) is 0 Å². The molecule has 0 spiro atoms. The van der Waals surface area contributed by atoms with Gasteiger partial charge in [-0.1, -0.05) is 52.4 Å². The number of anilines is 1. The van der Waals surface area contributed by atoms with E-state index in [9.17, 15) is 8.78 Å². The lowest BCUT2D eigenvalue weighted by Gasteiger charge is -2.20. The van der Waals surface area contributed by atoms with Crippen LogP contribution in [0.25, 0.3) is 0 Å². The quantitative estimate of drug-likeness (QED) is 0.527. The molecule has 0 aromatic heterocycles. The number of hydrogen-bond acceptors (Lipinski definition) is 1. The topological polar surface area (TPSA) is 12.0 Å². The number of nitrogens with one attached hydrogen (secondary N) is 1. The van der Waals surface area contributed by atoms with E-state index in [0.717, 1.165) is 31.7 Å². The second-order valence-electron chi connectivity index (χ2n) is 5.46. The molecule has 0 aliphatic rings. The fourth-order valence-electron chi connectivity index (χ4n) is 2.40. The first-order valence-corrected chi connectivity index (χ1v) is 7.89. The van der Waals surface area contributed by atoms with Crippen molar-refractivity contribution in [1.29, 1.82) is 0 Å². The monoisotopic (exact) mass is 283 g/mol. The average molecular weight is 283 g/mol. The molecular weight excluding hydrogens is 256 g/mol. The highest BCUT2D eigenvalue weighted by atomic mass is 19.1. The second-order valence-corrected chi connectivity index (χ2v) is 5.46. The van der Waals surface area contributed by atoms with Crippen molar-refractivity contribution in [3.63, 3.8) is 0 Å². The molecule has 0 heterocycles. The third kappa shape index (κ3) is 6.36.